The molecule has 2 N–H and O–H groups in total. The summed E-state index contributed by atoms with van der Waals surface area (Å²) in [7, 11) is 0. The minimum atomic E-state index is -0.655. The van der Waals surface area contributed by atoms with Crippen LogP contribution in [0.1, 0.15) is 31.1 Å². The second-order valence-corrected chi connectivity index (χ2v) is 8.18. The lowest BCUT2D eigenvalue weighted by atomic mass is 10.2. The number of benzene rings is 1. The van der Waals surface area contributed by atoms with E-state index >= 15 is 0 Å². The summed E-state index contributed by atoms with van der Waals surface area (Å²) >= 11 is 7.49. The number of aromatic nitrogens is 4. The van der Waals surface area contributed by atoms with E-state index in [2.05, 4.69) is 25.7 Å². The molecule has 0 aliphatic carbocycles. The van der Waals surface area contributed by atoms with Crippen molar-refractivity contribution in [2.75, 3.05) is 17.6 Å². The molecule has 0 fully saturated rings. The fourth-order valence-corrected chi connectivity index (χ4v) is 3.57. The zero-order valence-electron chi connectivity index (χ0n) is 16.4. The fourth-order valence-electron chi connectivity index (χ4n) is 2.75. The van der Waals surface area contributed by atoms with E-state index in [4.69, 9.17) is 11.6 Å². The van der Waals surface area contributed by atoms with Gasteiger partial charge >= 0.3 is 0 Å². The van der Waals surface area contributed by atoms with Crippen molar-refractivity contribution >= 4 is 46.1 Å². The summed E-state index contributed by atoms with van der Waals surface area (Å²) in [6.45, 7) is 6.72. The number of thioether (sulfide) groups is 1. The SMILES string of the molecule is CCSc1nc(NC(C)C)c2cnn(CCNC(=O)c3c(F)cccc3Cl)c2n1. The molecule has 0 aliphatic rings. The highest BCUT2D eigenvalue weighted by Gasteiger charge is 2.17. The molecule has 2 heterocycles. The Morgan fingerprint density at radius 3 is 2.83 bits per heavy atom. The predicted molar refractivity (Wildman–Crippen MR) is 114 cm³/mol. The molecule has 0 aliphatic heterocycles. The number of amides is 1. The number of fused-ring (bicyclic) bond motifs is 1. The van der Waals surface area contributed by atoms with Crippen LogP contribution in [0.2, 0.25) is 5.02 Å². The number of hydrogen-bond acceptors (Lipinski definition) is 6. The highest BCUT2D eigenvalue weighted by atomic mass is 35.5. The normalized spacial score (nSPS) is 11.2. The summed E-state index contributed by atoms with van der Waals surface area (Å²) in [6.07, 6.45) is 1.70. The Kier molecular flexibility index (Phi) is 6.92. The molecule has 10 heteroatoms. The van der Waals surface area contributed by atoms with E-state index in [1.165, 1.54) is 18.2 Å². The molecule has 3 aromatic rings. The van der Waals surface area contributed by atoms with Gasteiger partial charge in [0.1, 0.15) is 11.6 Å². The Balaban J connectivity index is 1.78. The first kappa shape index (κ1) is 21.3. The summed E-state index contributed by atoms with van der Waals surface area (Å²) in [5, 5.41) is 11.9. The summed E-state index contributed by atoms with van der Waals surface area (Å²) in [5.41, 5.74) is 0.518. The van der Waals surface area contributed by atoms with Crippen molar-refractivity contribution in [1.29, 1.82) is 0 Å². The van der Waals surface area contributed by atoms with Crippen molar-refractivity contribution in [3.63, 3.8) is 0 Å². The van der Waals surface area contributed by atoms with E-state index in [0.29, 0.717) is 17.3 Å². The van der Waals surface area contributed by atoms with E-state index in [1.807, 2.05) is 20.8 Å². The predicted octanol–water partition coefficient (Wildman–Crippen LogP) is 3.98. The van der Waals surface area contributed by atoms with Gasteiger partial charge < -0.3 is 10.6 Å². The average Bonchev–Trinajstić information content (AvgIpc) is 3.05. The molecule has 0 radical (unpaired) electrons. The molecule has 0 unspecified atom stereocenters. The lowest BCUT2D eigenvalue weighted by Crippen LogP contribution is -2.28. The maximum atomic E-state index is 13.9. The topological polar surface area (TPSA) is 84.7 Å². The van der Waals surface area contributed by atoms with Crippen molar-refractivity contribution in [2.24, 2.45) is 0 Å². The van der Waals surface area contributed by atoms with Gasteiger partial charge in [0.25, 0.3) is 5.91 Å². The Morgan fingerprint density at radius 1 is 1.34 bits per heavy atom. The lowest BCUT2D eigenvalue weighted by Gasteiger charge is -2.12. The minimum Gasteiger partial charge on any atom is -0.367 e. The molecule has 29 heavy (non-hydrogen) atoms. The first-order valence-corrected chi connectivity index (χ1v) is 10.6. The van der Waals surface area contributed by atoms with E-state index < -0.39 is 11.7 Å². The second-order valence-electron chi connectivity index (χ2n) is 6.54. The van der Waals surface area contributed by atoms with Crippen LogP contribution in [-0.2, 0) is 6.54 Å². The summed E-state index contributed by atoms with van der Waals surface area (Å²) in [5.74, 6) is 0.358. The maximum Gasteiger partial charge on any atom is 0.255 e. The monoisotopic (exact) mass is 436 g/mol. The number of halogens is 2. The Labute approximate surface area is 177 Å². The second kappa shape index (κ2) is 9.41. The third-order valence-corrected chi connectivity index (χ3v) is 5.02. The van der Waals surface area contributed by atoms with Crippen LogP contribution < -0.4 is 10.6 Å². The van der Waals surface area contributed by atoms with E-state index in [-0.39, 0.29) is 23.2 Å². The minimum absolute atomic E-state index is 0.0745. The average molecular weight is 437 g/mol. The molecule has 1 amide bonds. The van der Waals surface area contributed by atoms with Gasteiger partial charge in [0, 0.05) is 12.6 Å². The van der Waals surface area contributed by atoms with Crippen molar-refractivity contribution in [3.05, 3.63) is 40.8 Å². The van der Waals surface area contributed by atoms with Crippen LogP contribution in [0.25, 0.3) is 11.0 Å². The number of rotatable bonds is 8. The van der Waals surface area contributed by atoms with E-state index in [1.54, 1.807) is 22.6 Å². The molecule has 0 bridgehead atoms. The smallest absolute Gasteiger partial charge is 0.255 e. The van der Waals surface area contributed by atoms with Crippen LogP contribution >= 0.6 is 23.4 Å². The molecular formula is C19H22ClFN6OS. The molecule has 3 rings (SSSR count). The van der Waals surface area contributed by atoms with Gasteiger partial charge in [0.2, 0.25) is 0 Å². The van der Waals surface area contributed by atoms with Crippen LogP contribution in [0, 0.1) is 5.82 Å². The van der Waals surface area contributed by atoms with Gasteiger partial charge in [-0.15, -0.1) is 0 Å². The molecule has 2 aromatic heterocycles. The van der Waals surface area contributed by atoms with Crippen LogP contribution in [0.3, 0.4) is 0 Å². The molecular weight excluding hydrogens is 415 g/mol. The van der Waals surface area contributed by atoms with Gasteiger partial charge in [0.05, 0.1) is 28.7 Å². The zero-order valence-corrected chi connectivity index (χ0v) is 17.9. The van der Waals surface area contributed by atoms with Crippen molar-refractivity contribution < 1.29 is 9.18 Å². The van der Waals surface area contributed by atoms with Gasteiger partial charge in [-0.1, -0.05) is 36.4 Å². The Morgan fingerprint density at radius 2 is 2.14 bits per heavy atom. The van der Waals surface area contributed by atoms with E-state index in [9.17, 15) is 9.18 Å². The third kappa shape index (κ3) is 4.97. The number of nitrogens with zero attached hydrogens (tertiary/aromatic N) is 4. The molecule has 7 nitrogen and oxygen atoms in total. The zero-order chi connectivity index (χ0) is 21.0. The largest absolute Gasteiger partial charge is 0.367 e. The summed E-state index contributed by atoms with van der Waals surface area (Å²) in [6, 6.07) is 4.35. The van der Waals surface area contributed by atoms with Gasteiger partial charge in [-0.05, 0) is 31.7 Å². The number of hydrogen-bond donors (Lipinski definition) is 2. The number of anilines is 1. The van der Waals surface area contributed by atoms with Gasteiger partial charge in [-0.2, -0.15) is 5.10 Å². The quantitative estimate of drug-likeness (QED) is 0.410. The molecule has 0 atom stereocenters. The molecule has 0 saturated heterocycles. The molecule has 1 aromatic carbocycles. The fraction of sp³-hybridized carbons (Fsp3) is 0.368. The molecule has 0 spiro atoms. The van der Waals surface area contributed by atoms with Crippen LogP contribution in [0.15, 0.2) is 29.6 Å². The van der Waals surface area contributed by atoms with Crippen LogP contribution in [0.5, 0.6) is 0 Å². The highest BCUT2D eigenvalue weighted by molar-refractivity contribution is 7.99. The first-order valence-electron chi connectivity index (χ1n) is 9.25. The van der Waals surface area contributed by atoms with Crippen LogP contribution in [-0.4, -0.2) is 44.0 Å². The number of carbonyl (C=O) groups excluding carboxylic acids is 1. The van der Waals surface area contributed by atoms with Gasteiger partial charge in [-0.25, -0.2) is 19.0 Å². The maximum absolute atomic E-state index is 13.9. The standard InChI is InChI=1S/C19H22ClFN6OS/c1-4-29-19-25-16(24-11(2)3)12-10-23-27(17(12)26-19)9-8-22-18(28)15-13(20)6-5-7-14(15)21/h5-7,10-11H,4,8-9H2,1-3H3,(H,22,28)(H,24,25,26). The lowest BCUT2D eigenvalue weighted by molar-refractivity contribution is 0.0948. The Hall–Kier alpha value is -2.39. The first-order chi connectivity index (χ1) is 13.9. The van der Waals surface area contributed by atoms with Crippen LogP contribution in [0.4, 0.5) is 10.2 Å². The summed E-state index contributed by atoms with van der Waals surface area (Å²) < 4.78 is 15.6. The Bertz CT molecular complexity index is 1010. The highest BCUT2D eigenvalue weighted by Crippen LogP contribution is 2.25. The number of nitrogens with one attached hydrogen (secondary N) is 2. The van der Waals surface area contributed by atoms with E-state index in [0.717, 1.165) is 17.0 Å². The van der Waals surface area contributed by atoms with Gasteiger partial charge in [0.15, 0.2) is 10.8 Å². The van der Waals surface area contributed by atoms with Crippen molar-refractivity contribution in [1.82, 2.24) is 25.1 Å². The van der Waals surface area contributed by atoms with Crippen molar-refractivity contribution in [2.45, 2.75) is 38.5 Å². The molecule has 0 saturated carbocycles. The molecule has 154 valence electrons. The number of carbonyl (C=O) groups is 1. The van der Waals surface area contributed by atoms with Crippen molar-refractivity contribution in [3.8, 4) is 0 Å². The van der Waals surface area contributed by atoms with Gasteiger partial charge in [-0.3, -0.25) is 4.79 Å². The third-order valence-electron chi connectivity index (χ3n) is 3.97. The summed E-state index contributed by atoms with van der Waals surface area (Å²) in [4.78, 5) is 21.5.